The zero-order valence-electron chi connectivity index (χ0n) is 12.9. The minimum atomic E-state index is -0.444. The third-order valence-corrected chi connectivity index (χ3v) is 3.98. The summed E-state index contributed by atoms with van der Waals surface area (Å²) in [6.07, 6.45) is 6.84. The van der Waals surface area contributed by atoms with Gasteiger partial charge in [0.05, 0.1) is 11.5 Å². The maximum Gasteiger partial charge on any atom is 0.353 e. The molecule has 1 saturated carbocycles. The standard InChI is InChI=1S/C14H23N5O3/c1-2-18(8-9-20)14-12(19(21)22)13(15-10-16-14)17-11-6-4-3-5-7-11/h10-11,20H,2-9H2,1H3,(H,15,16,17). The molecule has 0 aromatic carbocycles. The van der Waals surface area contributed by atoms with Gasteiger partial charge in [-0.1, -0.05) is 19.3 Å². The summed E-state index contributed by atoms with van der Waals surface area (Å²) in [5.41, 5.74) is -0.108. The molecule has 0 radical (unpaired) electrons. The normalized spacial score (nSPS) is 15.5. The lowest BCUT2D eigenvalue weighted by atomic mass is 9.95. The first kappa shape index (κ1) is 16.4. The number of rotatable bonds is 7. The summed E-state index contributed by atoms with van der Waals surface area (Å²) >= 11 is 0. The zero-order valence-corrected chi connectivity index (χ0v) is 12.9. The number of aromatic nitrogens is 2. The lowest BCUT2D eigenvalue weighted by Crippen LogP contribution is -2.29. The van der Waals surface area contributed by atoms with Gasteiger partial charge in [-0.3, -0.25) is 10.1 Å². The smallest absolute Gasteiger partial charge is 0.353 e. The van der Waals surface area contributed by atoms with Gasteiger partial charge in [-0.2, -0.15) is 0 Å². The lowest BCUT2D eigenvalue weighted by molar-refractivity contribution is -0.383. The molecule has 2 N–H and O–H groups in total. The van der Waals surface area contributed by atoms with Gasteiger partial charge in [-0.25, -0.2) is 9.97 Å². The van der Waals surface area contributed by atoms with Gasteiger partial charge in [0.1, 0.15) is 6.33 Å². The first-order valence-corrected chi connectivity index (χ1v) is 7.79. The Kier molecular flexibility index (Phi) is 5.88. The lowest BCUT2D eigenvalue weighted by Gasteiger charge is -2.24. The third kappa shape index (κ3) is 3.82. The first-order chi connectivity index (χ1) is 10.7. The summed E-state index contributed by atoms with van der Waals surface area (Å²) in [7, 11) is 0. The molecule has 1 aromatic rings. The summed E-state index contributed by atoms with van der Waals surface area (Å²) in [6.45, 7) is 2.62. The van der Waals surface area contributed by atoms with Crippen molar-refractivity contribution in [1.82, 2.24) is 9.97 Å². The highest BCUT2D eigenvalue weighted by Gasteiger charge is 2.28. The summed E-state index contributed by atoms with van der Waals surface area (Å²) in [5, 5.41) is 23.8. The molecule has 0 spiro atoms. The van der Waals surface area contributed by atoms with Crippen molar-refractivity contribution in [2.45, 2.75) is 45.1 Å². The molecule has 1 aromatic heterocycles. The Morgan fingerprint density at radius 3 is 2.73 bits per heavy atom. The van der Waals surface area contributed by atoms with Crippen LogP contribution in [-0.4, -0.2) is 45.7 Å². The number of aliphatic hydroxyl groups excluding tert-OH is 1. The van der Waals surface area contributed by atoms with Crippen LogP contribution in [0.15, 0.2) is 6.33 Å². The largest absolute Gasteiger partial charge is 0.395 e. The van der Waals surface area contributed by atoms with E-state index in [-0.39, 0.29) is 30.0 Å². The summed E-state index contributed by atoms with van der Waals surface area (Å²) in [6, 6.07) is 0.225. The Labute approximate surface area is 129 Å². The van der Waals surface area contributed by atoms with Crippen LogP contribution in [0.5, 0.6) is 0 Å². The second kappa shape index (κ2) is 7.88. The maximum atomic E-state index is 11.5. The summed E-state index contributed by atoms with van der Waals surface area (Å²) in [5.74, 6) is 0.535. The number of aliphatic hydroxyl groups is 1. The Balaban J connectivity index is 2.30. The molecule has 0 amide bonds. The van der Waals surface area contributed by atoms with E-state index in [4.69, 9.17) is 5.11 Å². The van der Waals surface area contributed by atoms with Crippen molar-refractivity contribution < 1.29 is 10.0 Å². The van der Waals surface area contributed by atoms with E-state index in [0.29, 0.717) is 13.1 Å². The molecule has 22 heavy (non-hydrogen) atoms. The van der Waals surface area contributed by atoms with Crippen molar-refractivity contribution in [2.24, 2.45) is 0 Å². The number of nitrogens with zero attached hydrogens (tertiary/aromatic N) is 4. The van der Waals surface area contributed by atoms with Crippen molar-refractivity contribution in [3.05, 3.63) is 16.4 Å². The number of nitro groups is 1. The van der Waals surface area contributed by atoms with Crippen molar-refractivity contribution in [2.75, 3.05) is 29.9 Å². The highest BCUT2D eigenvalue weighted by Crippen LogP contribution is 2.33. The topological polar surface area (TPSA) is 104 Å². The number of hydrogen-bond donors (Lipinski definition) is 2. The fraction of sp³-hybridized carbons (Fsp3) is 0.714. The summed E-state index contributed by atoms with van der Waals surface area (Å²) in [4.78, 5) is 20.9. The quantitative estimate of drug-likeness (QED) is 0.586. The SMILES string of the molecule is CCN(CCO)c1ncnc(NC2CCCCC2)c1[N+](=O)[O-]. The predicted octanol–water partition coefficient (Wildman–Crippen LogP) is 1.95. The molecular formula is C14H23N5O3. The fourth-order valence-corrected chi connectivity index (χ4v) is 2.85. The van der Waals surface area contributed by atoms with Crippen LogP contribution in [0.4, 0.5) is 17.3 Å². The molecule has 2 rings (SSSR count). The number of hydrogen-bond acceptors (Lipinski definition) is 7. The van der Waals surface area contributed by atoms with E-state index in [9.17, 15) is 10.1 Å². The predicted molar refractivity (Wildman–Crippen MR) is 84.2 cm³/mol. The molecule has 1 aliphatic carbocycles. The molecule has 0 unspecified atom stereocenters. The van der Waals surface area contributed by atoms with E-state index < -0.39 is 4.92 Å². The van der Waals surface area contributed by atoms with E-state index >= 15 is 0 Å². The van der Waals surface area contributed by atoms with Gasteiger partial charge in [0, 0.05) is 19.1 Å². The van der Waals surface area contributed by atoms with E-state index in [1.807, 2.05) is 6.92 Å². The Morgan fingerprint density at radius 2 is 2.14 bits per heavy atom. The highest BCUT2D eigenvalue weighted by molar-refractivity contribution is 5.70. The van der Waals surface area contributed by atoms with E-state index in [1.54, 1.807) is 4.90 Å². The molecule has 0 atom stereocenters. The second-order valence-electron chi connectivity index (χ2n) is 5.43. The van der Waals surface area contributed by atoms with E-state index in [1.165, 1.54) is 12.7 Å². The molecule has 1 aliphatic rings. The number of anilines is 2. The van der Waals surface area contributed by atoms with E-state index in [2.05, 4.69) is 15.3 Å². The molecule has 0 aliphatic heterocycles. The average Bonchev–Trinajstić information content (AvgIpc) is 2.53. The van der Waals surface area contributed by atoms with Gasteiger partial charge in [-0.05, 0) is 19.8 Å². The minimum Gasteiger partial charge on any atom is -0.395 e. The number of nitrogens with one attached hydrogen (secondary N) is 1. The summed E-state index contributed by atoms with van der Waals surface area (Å²) < 4.78 is 0. The van der Waals surface area contributed by atoms with Crippen LogP contribution in [0.3, 0.4) is 0 Å². The van der Waals surface area contributed by atoms with Crippen LogP contribution in [0, 0.1) is 10.1 Å². The molecule has 1 heterocycles. The monoisotopic (exact) mass is 309 g/mol. The molecule has 8 heteroatoms. The van der Waals surface area contributed by atoms with Gasteiger partial charge in [0.2, 0.25) is 11.6 Å². The second-order valence-corrected chi connectivity index (χ2v) is 5.43. The van der Waals surface area contributed by atoms with Crippen LogP contribution >= 0.6 is 0 Å². The highest BCUT2D eigenvalue weighted by atomic mass is 16.6. The maximum absolute atomic E-state index is 11.5. The first-order valence-electron chi connectivity index (χ1n) is 7.79. The molecule has 8 nitrogen and oxygen atoms in total. The van der Waals surface area contributed by atoms with Crippen LogP contribution in [-0.2, 0) is 0 Å². The Bertz CT molecular complexity index is 505. The van der Waals surface area contributed by atoms with Gasteiger partial charge >= 0.3 is 5.69 Å². The van der Waals surface area contributed by atoms with Gasteiger partial charge in [0.15, 0.2) is 0 Å². The molecule has 122 valence electrons. The molecule has 0 saturated heterocycles. The fourth-order valence-electron chi connectivity index (χ4n) is 2.85. The zero-order chi connectivity index (χ0) is 15.9. The van der Waals surface area contributed by atoms with Gasteiger partial charge in [0.25, 0.3) is 0 Å². The van der Waals surface area contributed by atoms with Crippen molar-refractivity contribution in [1.29, 1.82) is 0 Å². The van der Waals surface area contributed by atoms with Crippen LogP contribution in [0.1, 0.15) is 39.0 Å². The third-order valence-electron chi connectivity index (χ3n) is 3.98. The van der Waals surface area contributed by atoms with Crippen LogP contribution in [0.2, 0.25) is 0 Å². The average molecular weight is 309 g/mol. The molecular weight excluding hydrogens is 286 g/mol. The minimum absolute atomic E-state index is 0.0830. The Morgan fingerprint density at radius 1 is 1.41 bits per heavy atom. The van der Waals surface area contributed by atoms with E-state index in [0.717, 1.165) is 25.7 Å². The number of likely N-dealkylation sites (N-methyl/N-ethyl adjacent to an activating group) is 1. The van der Waals surface area contributed by atoms with Gasteiger partial charge in [-0.15, -0.1) is 0 Å². The van der Waals surface area contributed by atoms with Crippen molar-refractivity contribution in [3.63, 3.8) is 0 Å². The van der Waals surface area contributed by atoms with Crippen LogP contribution in [0.25, 0.3) is 0 Å². The Hall–Kier alpha value is -1.96. The van der Waals surface area contributed by atoms with Crippen molar-refractivity contribution >= 4 is 17.3 Å². The molecule has 0 bridgehead atoms. The van der Waals surface area contributed by atoms with Crippen molar-refractivity contribution in [3.8, 4) is 0 Å². The van der Waals surface area contributed by atoms with Gasteiger partial charge < -0.3 is 15.3 Å². The molecule has 1 fully saturated rings. The van der Waals surface area contributed by atoms with Crippen LogP contribution < -0.4 is 10.2 Å².